The number of aromatic nitrogens is 3. The predicted octanol–water partition coefficient (Wildman–Crippen LogP) is 2.69. The second-order valence-electron chi connectivity index (χ2n) is 5.16. The Kier molecular flexibility index (Phi) is 3.47. The van der Waals surface area contributed by atoms with Crippen molar-refractivity contribution in [2.45, 2.75) is 31.6 Å². The number of nitrogens with zero attached hydrogens (tertiary/aromatic N) is 4. The molecule has 1 heterocycles. The first-order chi connectivity index (χ1) is 10.1. The van der Waals surface area contributed by atoms with Gasteiger partial charge in [-0.05, 0) is 12.8 Å². The largest absolute Gasteiger partial charge is 0.368 e. The van der Waals surface area contributed by atoms with Crippen LogP contribution in [-0.4, -0.2) is 19.9 Å². The van der Waals surface area contributed by atoms with Crippen molar-refractivity contribution in [1.82, 2.24) is 15.0 Å². The molecule has 1 aromatic carbocycles. The molecule has 0 unspecified atom stereocenters. The van der Waals surface area contributed by atoms with E-state index < -0.39 is 4.92 Å². The van der Waals surface area contributed by atoms with Gasteiger partial charge in [0.1, 0.15) is 5.82 Å². The Labute approximate surface area is 121 Å². The van der Waals surface area contributed by atoms with E-state index in [1.807, 2.05) is 0 Å². The fourth-order valence-corrected chi connectivity index (χ4v) is 2.66. The highest BCUT2D eigenvalue weighted by Crippen LogP contribution is 2.33. The molecule has 21 heavy (non-hydrogen) atoms. The van der Waals surface area contributed by atoms with Crippen LogP contribution in [0.25, 0.3) is 11.4 Å². The zero-order valence-electron chi connectivity index (χ0n) is 11.4. The van der Waals surface area contributed by atoms with Gasteiger partial charge in [0, 0.05) is 23.6 Å². The lowest BCUT2D eigenvalue weighted by atomic mass is 10.1. The van der Waals surface area contributed by atoms with Gasteiger partial charge in [-0.2, -0.15) is 9.97 Å². The Morgan fingerprint density at radius 3 is 2.67 bits per heavy atom. The average molecular weight is 285 g/mol. The minimum absolute atomic E-state index is 0.00824. The predicted molar refractivity (Wildman–Crippen MR) is 77.5 cm³/mol. The fourth-order valence-electron chi connectivity index (χ4n) is 2.66. The molecule has 1 aromatic heterocycles. The van der Waals surface area contributed by atoms with E-state index in [2.05, 4.69) is 15.0 Å². The summed E-state index contributed by atoms with van der Waals surface area (Å²) >= 11 is 0. The quantitative estimate of drug-likeness (QED) is 0.686. The highest BCUT2D eigenvalue weighted by atomic mass is 16.6. The standard InChI is InChI=1S/C14H15N5O2/c15-14-17-12(9-4-1-2-5-9)16-13(18-14)10-6-3-7-11(8-10)19(20)21/h3,6-9H,1-2,4-5H2,(H2,15,16,17,18). The molecule has 2 N–H and O–H groups in total. The molecule has 1 aliphatic rings. The van der Waals surface area contributed by atoms with Gasteiger partial charge in [-0.15, -0.1) is 0 Å². The molecule has 1 aliphatic carbocycles. The number of nitrogen functional groups attached to an aromatic ring is 1. The summed E-state index contributed by atoms with van der Waals surface area (Å²) in [5.41, 5.74) is 6.36. The van der Waals surface area contributed by atoms with Gasteiger partial charge in [0.15, 0.2) is 5.82 Å². The summed E-state index contributed by atoms with van der Waals surface area (Å²) in [6, 6.07) is 6.24. The minimum Gasteiger partial charge on any atom is -0.368 e. The van der Waals surface area contributed by atoms with Crippen LogP contribution >= 0.6 is 0 Å². The molecule has 7 heteroatoms. The number of nitro groups is 1. The molecule has 0 bridgehead atoms. The van der Waals surface area contributed by atoms with E-state index in [1.54, 1.807) is 12.1 Å². The Morgan fingerprint density at radius 1 is 1.19 bits per heavy atom. The zero-order chi connectivity index (χ0) is 14.8. The van der Waals surface area contributed by atoms with Crippen molar-refractivity contribution >= 4 is 11.6 Å². The molecule has 7 nitrogen and oxygen atoms in total. The van der Waals surface area contributed by atoms with Gasteiger partial charge in [0.05, 0.1) is 4.92 Å². The lowest BCUT2D eigenvalue weighted by Crippen LogP contribution is -2.07. The number of hydrogen-bond acceptors (Lipinski definition) is 6. The van der Waals surface area contributed by atoms with Crippen LogP contribution in [0.2, 0.25) is 0 Å². The van der Waals surface area contributed by atoms with E-state index in [0.717, 1.165) is 12.8 Å². The maximum Gasteiger partial charge on any atom is 0.270 e. The highest BCUT2D eigenvalue weighted by molar-refractivity contribution is 5.59. The number of rotatable bonds is 3. The van der Waals surface area contributed by atoms with E-state index in [1.165, 1.54) is 25.0 Å². The van der Waals surface area contributed by atoms with Crippen molar-refractivity contribution in [3.8, 4) is 11.4 Å². The molecule has 0 atom stereocenters. The van der Waals surface area contributed by atoms with E-state index in [0.29, 0.717) is 23.1 Å². The summed E-state index contributed by atoms with van der Waals surface area (Å²) in [5, 5.41) is 10.9. The fraction of sp³-hybridized carbons (Fsp3) is 0.357. The van der Waals surface area contributed by atoms with Crippen molar-refractivity contribution in [1.29, 1.82) is 0 Å². The maximum atomic E-state index is 10.9. The maximum absolute atomic E-state index is 10.9. The van der Waals surface area contributed by atoms with Gasteiger partial charge in [0.2, 0.25) is 5.95 Å². The van der Waals surface area contributed by atoms with Crippen LogP contribution < -0.4 is 5.73 Å². The van der Waals surface area contributed by atoms with Gasteiger partial charge in [-0.1, -0.05) is 25.0 Å². The third-order valence-electron chi connectivity index (χ3n) is 3.71. The average Bonchev–Trinajstić information content (AvgIpc) is 3.01. The lowest BCUT2D eigenvalue weighted by molar-refractivity contribution is -0.384. The first-order valence-electron chi connectivity index (χ1n) is 6.90. The lowest BCUT2D eigenvalue weighted by Gasteiger charge is -2.09. The molecule has 0 radical (unpaired) electrons. The minimum atomic E-state index is -0.439. The number of nitrogens with two attached hydrogens (primary N) is 1. The number of benzene rings is 1. The van der Waals surface area contributed by atoms with Gasteiger partial charge < -0.3 is 5.73 Å². The Balaban J connectivity index is 2.01. The molecule has 0 spiro atoms. The van der Waals surface area contributed by atoms with Crippen LogP contribution in [0.1, 0.15) is 37.4 Å². The van der Waals surface area contributed by atoms with Crippen molar-refractivity contribution in [3.63, 3.8) is 0 Å². The first-order valence-corrected chi connectivity index (χ1v) is 6.90. The Bertz CT molecular complexity index is 683. The number of hydrogen-bond donors (Lipinski definition) is 1. The Hall–Kier alpha value is -2.57. The topological polar surface area (TPSA) is 108 Å². The van der Waals surface area contributed by atoms with Gasteiger partial charge in [0.25, 0.3) is 5.69 Å². The zero-order valence-corrected chi connectivity index (χ0v) is 11.4. The summed E-state index contributed by atoms with van der Waals surface area (Å²) in [7, 11) is 0. The van der Waals surface area contributed by atoms with Crippen molar-refractivity contribution in [2.75, 3.05) is 5.73 Å². The van der Waals surface area contributed by atoms with E-state index >= 15 is 0 Å². The van der Waals surface area contributed by atoms with Crippen LogP contribution in [0, 0.1) is 10.1 Å². The van der Waals surface area contributed by atoms with Crippen molar-refractivity contribution in [2.24, 2.45) is 0 Å². The molecule has 0 saturated heterocycles. The van der Waals surface area contributed by atoms with Crippen molar-refractivity contribution < 1.29 is 4.92 Å². The molecule has 1 fully saturated rings. The number of anilines is 1. The summed E-state index contributed by atoms with van der Waals surface area (Å²) in [4.78, 5) is 23.2. The molecular weight excluding hydrogens is 270 g/mol. The number of non-ortho nitro benzene ring substituents is 1. The smallest absolute Gasteiger partial charge is 0.270 e. The van der Waals surface area contributed by atoms with Crippen LogP contribution in [0.5, 0.6) is 0 Å². The molecule has 0 amide bonds. The van der Waals surface area contributed by atoms with Gasteiger partial charge in [-0.25, -0.2) is 4.98 Å². The third-order valence-corrected chi connectivity index (χ3v) is 3.71. The second-order valence-corrected chi connectivity index (χ2v) is 5.16. The Morgan fingerprint density at radius 2 is 1.95 bits per heavy atom. The van der Waals surface area contributed by atoms with E-state index in [9.17, 15) is 10.1 Å². The van der Waals surface area contributed by atoms with Crippen LogP contribution in [0.4, 0.5) is 11.6 Å². The summed E-state index contributed by atoms with van der Waals surface area (Å²) in [6.45, 7) is 0. The van der Waals surface area contributed by atoms with Crippen LogP contribution in [0.3, 0.4) is 0 Å². The first kappa shape index (κ1) is 13.4. The molecular formula is C14H15N5O2. The van der Waals surface area contributed by atoms with Crippen LogP contribution in [-0.2, 0) is 0 Å². The molecule has 1 saturated carbocycles. The van der Waals surface area contributed by atoms with E-state index in [4.69, 9.17) is 5.73 Å². The molecule has 108 valence electrons. The molecule has 2 aromatic rings. The third kappa shape index (κ3) is 2.81. The summed E-state index contributed by atoms with van der Waals surface area (Å²) in [6.07, 6.45) is 4.44. The van der Waals surface area contributed by atoms with Crippen LogP contribution in [0.15, 0.2) is 24.3 Å². The molecule has 0 aliphatic heterocycles. The van der Waals surface area contributed by atoms with Gasteiger partial charge in [-0.3, -0.25) is 10.1 Å². The summed E-state index contributed by atoms with van der Waals surface area (Å²) < 4.78 is 0. The molecule has 3 rings (SSSR count). The SMILES string of the molecule is Nc1nc(-c2cccc([N+](=O)[O-])c2)nc(C2CCCC2)n1. The second kappa shape index (κ2) is 5.43. The highest BCUT2D eigenvalue weighted by Gasteiger charge is 2.21. The summed E-state index contributed by atoms with van der Waals surface area (Å²) in [5.74, 6) is 1.57. The van der Waals surface area contributed by atoms with Gasteiger partial charge >= 0.3 is 0 Å². The van der Waals surface area contributed by atoms with E-state index in [-0.39, 0.29) is 11.6 Å². The normalized spacial score (nSPS) is 15.2. The monoisotopic (exact) mass is 285 g/mol. The number of nitro benzene ring substituents is 1. The van der Waals surface area contributed by atoms with Crippen molar-refractivity contribution in [3.05, 3.63) is 40.2 Å².